The van der Waals surface area contributed by atoms with Gasteiger partial charge in [0.25, 0.3) is 0 Å². The average Bonchev–Trinajstić information content (AvgIpc) is 1.64. The van der Waals surface area contributed by atoms with E-state index >= 15 is 14.4 Å². The summed E-state index contributed by atoms with van der Waals surface area (Å²) in [5.74, 6) is -14.9. The Kier molecular flexibility index (Phi) is 38.8. The van der Waals surface area contributed by atoms with Crippen molar-refractivity contribution in [1.82, 2.24) is 89.0 Å². The number of aromatic hydroxyl groups is 1. The SMILES string of the molecule is CSCC[C@H](NC(=O)[C@@H](CO)NC(=O)[C@H](Cc1ccc(O)cc1)NC(=O)[C@H](CO)NC(C)=O)C(=O)N[C@@H](CCC(=O)O)C(=O)N[C@@H](Cc1cnc[nH]1)C(=O)N[C@H](Cc1ccccc1)C(=O)N[C@@H](CCCNC(=N)N)C(=O)N[C@@H](Cc1c[nH]c2ccccc12)C(=O)NCC(=O)N[C@@H](CCCCN)C(=O)N1CCC[C@H]1C(=O)N[C@H](C(N)=O)C(C)C. The number of rotatable bonds is 50. The van der Waals surface area contributed by atoms with Gasteiger partial charge in [-0.3, -0.25) is 77.3 Å². The monoisotopic (exact) mass is 1660 g/mol. The minimum atomic E-state index is -1.84. The number of nitrogens with two attached hydrogens (primary N) is 3. The number of primary amides is 1. The molecule has 2 aromatic heterocycles. The van der Waals surface area contributed by atoms with E-state index in [1.807, 2.05) is 0 Å². The molecule has 0 unspecified atom stereocenters. The van der Waals surface area contributed by atoms with Crippen molar-refractivity contribution in [2.75, 3.05) is 51.4 Å². The molecule has 40 nitrogen and oxygen atoms in total. The molecular formula is C77H109N21O19S. The molecule has 1 aliphatic heterocycles. The lowest BCUT2D eigenvalue weighted by molar-refractivity contribution is -0.142. The second-order valence-electron chi connectivity index (χ2n) is 28.7. The van der Waals surface area contributed by atoms with Crippen molar-refractivity contribution in [3.05, 3.63) is 120 Å². The molecule has 642 valence electrons. The molecule has 1 fully saturated rings. The van der Waals surface area contributed by atoms with Crippen molar-refractivity contribution in [1.29, 1.82) is 5.41 Å². The number of phenolic OH excluding ortho intramolecular Hbond substituents is 1. The van der Waals surface area contributed by atoms with Crippen LogP contribution in [0.25, 0.3) is 10.9 Å². The predicted octanol–water partition coefficient (Wildman–Crippen LogP) is -4.54. The molecule has 14 amide bonds. The molecule has 3 heterocycles. The number of carbonyl (C=O) groups is 15. The molecule has 1 saturated heterocycles. The molecule has 0 radical (unpaired) electrons. The zero-order valence-corrected chi connectivity index (χ0v) is 66.9. The third-order valence-electron chi connectivity index (χ3n) is 19.2. The summed E-state index contributed by atoms with van der Waals surface area (Å²) in [6.45, 7) is 2.20. The van der Waals surface area contributed by atoms with Crippen LogP contribution < -0.4 is 86.3 Å². The minimum Gasteiger partial charge on any atom is -0.508 e. The minimum absolute atomic E-state index is 0.00491. The Morgan fingerprint density at radius 1 is 0.576 bits per heavy atom. The summed E-state index contributed by atoms with van der Waals surface area (Å²) in [7, 11) is 0. The number of hydrogen-bond acceptors (Lipinski definition) is 22. The van der Waals surface area contributed by atoms with Gasteiger partial charge in [0.05, 0.1) is 26.1 Å². The van der Waals surface area contributed by atoms with Gasteiger partial charge in [-0.25, -0.2) is 4.98 Å². The number of thioether (sulfide) groups is 1. The predicted molar refractivity (Wildman–Crippen MR) is 431 cm³/mol. The number of aliphatic hydroxyl groups excluding tert-OH is 2. The maximum atomic E-state index is 15.2. The molecule has 5 aromatic rings. The molecular weight excluding hydrogens is 1560 g/mol. The van der Waals surface area contributed by atoms with Crippen molar-refractivity contribution >= 4 is 117 Å². The number of nitrogens with one attached hydrogen (secondary N) is 16. The fourth-order valence-electron chi connectivity index (χ4n) is 12.9. The number of carbonyl (C=O) groups excluding carboxylic acids is 14. The number of aromatic amines is 2. The van der Waals surface area contributed by atoms with Crippen molar-refractivity contribution in [2.45, 2.75) is 183 Å². The second kappa shape index (κ2) is 48.3. The van der Waals surface area contributed by atoms with Gasteiger partial charge in [-0.2, -0.15) is 11.8 Å². The number of likely N-dealkylation sites (tertiary alicyclic amines) is 1. The topological polar surface area (TPSA) is 643 Å². The van der Waals surface area contributed by atoms with Gasteiger partial charge in [0.2, 0.25) is 82.7 Å². The zero-order valence-electron chi connectivity index (χ0n) is 66.0. The molecule has 3 aromatic carbocycles. The van der Waals surface area contributed by atoms with E-state index in [2.05, 4.69) is 84.1 Å². The molecule has 0 aliphatic carbocycles. The number of carboxylic acid groups (broad SMARTS) is 1. The number of hydrogen-bond donors (Lipinski definition) is 23. The highest BCUT2D eigenvalue weighted by Gasteiger charge is 2.41. The first-order chi connectivity index (χ1) is 56.3. The van der Waals surface area contributed by atoms with Gasteiger partial charge in [0.15, 0.2) is 5.96 Å². The summed E-state index contributed by atoms with van der Waals surface area (Å²) in [4.78, 5) is 220. The van der Waals surface area contributed by atoms with Crippen LogP contribution in [0.2, 0.25) is 0 Å². The quantitative estimate of drug-likeness (QED) is 0.00991. The van der Waals surface area contributed by atoms with Crippen LogP contribution in [-0.2, 0) is 97.6 Å². The van der Waals surface area contributed by atoms with Crippen LogP contribution in [0.3, 0.4) is 0 Å². The van der Waals surface area contributed by atoms with E-state index in [1.165, 1.54) is 53.5 Å². The number of fused-ring (bicyclic) bond motifs is 1. The third-order valence-corrected chi connectivity index (χ3v) is 19.9. The van der Waals surface area contributed by atoms with Gasteiger partial charge in [0, 0.05) is 81.1 Å². The van der Waals surface area contributed by atoms with E-state index in [4.69, 9.17) is 22.6 Å². The Balaban J connectivity index is 1.25. The first kappa shape index (κ1) is 94.6. The number of para-hydroxylation sites is 1. The number of unbranched alkanes of at least 4 members (excludes halogenated alkanes) is 1. The lowest BCUT2D eigenvalue weighted by atomic mass is 10.0. The number of carboxylic acids is 1. The van der Waals surface area contributed by atoms with Crippen molar-refractivity contribution < 1.29 is 92.3 Å². The Morgan fingerprint density at radius 2 is 1.09 bits per heavy atom. The third kappa shape index (κ3) is 30.8. The summed E-state index contributed by atoms with van der Waals surface area (Å²) < 4.78 is 0. The molecule has 6 rings (SSSR count). The maximum Gasteiger partial charge on any atom is 0.303 e. The van der Waals surface area contributed by atoms with Crippen LogP contribution in [0, 0.1) is 11.3 Å². The van der Waals surface area contributed by atoms with E-state index in [9.17, 15) is 78.0 Å². The van der Waals surface area contributed by atoms with Crippen LogP contribution in [0.5, 0.6) is 5.75 Å². The first-order valence-electron chi connectivity index (χ1n) is 38.5. The van der Waals surface area contributed by atoms with Gasteiger partial charge in [-0.1, -0.05) is 74.5 Å². The second-order valence-corrected chi connectivity index (χ2v) is 29.6. The summed E-state index contributed by atoms with van der Waals surface area (Å²) in [6.07, 6.45) is 4.64. The van der Waals surface area contributed by atoms with Crippen LogP contribution in [0.4, 0.5) is 0 Å². The van der Waals surface area contributed by atoms with Gasteiger partial charge in [-0.15, -0.1) is 0 Å². The fraction of sp³-hybridized carbons (Fsp3) is 0.494. The standard InChI is InChI=1S/C77H109N21O19S/c1-42(2)64(65(79)106)97-75(116)61-20-13-30-98(61)76(117)54(18-10-11-28-78)88-62(103)38-85-66(107)57(34-46-36-84-50-17-9-8-16-49(46)50)94-67(108)51(19-12-29-83-77(80)81)89-70(111)55(32-44-14-6-5-7-15-44)92-72(113)58(35-47-37-82-41-86-47)95-68(109)52(25-26-63(104)105)90-69(110)53(27-31-118-4)91-74(115)60(40-100)96-71(112)56(33-45-21-23-48(102)24-22-45)93-73(114)59(39-99)87-43(3)101/h5-9,14-17,21-24,36-37,41-42,51-61,64,84,99-100,102H,10-13,18-20,25-35,38-40,78H2,1-4H3,(H2,79,106)(H,82,86)(H,85,107)(H,87,101)(H,88,103)(H,89,111)(H,90,110)(H,91,115)(H,92,113)(H,93,114)(H,94,108)(H,95,109)(H,96,112)(H,97,116)(H,104,105)(H4,80,81,83)/t51-,52-,53-,54-,55+,56-,57-,58-,59-,60+,61-,64-/m0/s1. The fourth-order valence-corrected chi connectivity index (χ4v) is 13.4. The zero-order chi connectivity index (χ0) is 86.5. The van der Waals surface area contributed by atoms with Crippen LogP contribution in [-0.4, -0.2) is 259 Å². The first-order valence-corrected chi connectivity index (χ1v) is 39.9. The number of amides is 14. The molecule has 0 spiro atoms. The number of benzene rings is 3. The van der Waals surface area contributed by atoms with E-state index < -0.39 is 206 Å². The summed E-state index contributed by atoms with van der Waals surface area (Å²) in [6, 6.07) is 2.94. The van der Waals surface area contributed by atoms with E-state index in [1.54, 1.807) is 80.9 Å². The smallest absolute Gasteiger partial charge is 0.303 e. The molecule has 41 heteroatoms. The Bertz CT molecular complexity index is 4250. The number of imidazole rings is 1. The van der Waals surface area contributed by atoms with E-state index in [0.29, 0.717) is 46.9 Å². The van der Waals surface area contributed by atoms with Gasteiger partial charge in [0.1, 0.15) is 78.3 Å². The number of nitrogens with zero attached hydrogens (tertiary/aromatic N) is 2. The van der Waals surface area contributed by atoms with Crippen molar-refractivity contribution in [3.63, 3.8) is 0 Å². The van der Waals surface area contributed by atoms with Gasteiger partial charge in [-0.05, 0) is 117 Å². The van der Waals surface area contributed by atoms with Crippen molar-refractivity contribution in [3.8, 4) is 5.75 Å². The highest BCUT2D eigenvalue weighted by atomic mass is 32.2. The summed E-state index contributed by atoms with van der Waals surface area (Å²) in [5.41, 5.74) is 19.3. The lowest BCUT2D eigenvalue weighted by Crippen LogP contribution is -2.61. The maximum absolute atomic E-state index is 15.2. The van der Waals surface area contributed by atoms with Crippen LogP contribution in [0.15, 0.2) is 97.6 Å². The molecule has 0 bridgehead atoms. The Hall–Kier alpha value is -12.2. The molecule has 0 saturated carbocycles. The van der Waals surface area contributed by atoms with Crippen LogP contribution in [0.1, 0.15) is 107 Å². The number of aliphatic hydroxyl groups is 2. The van der Waals surface area contributed by atoms with Gasteiger partial charge >= 0.3 is 5.97 Å². The summed E-state index contributed by atoms with van der Waals surface area (Å²) in [5, 5.41) is 81.9. The number of guanidine groups is 1. The lowest BCUT2D eigenvalue weighted by Gasteiger charge is -2.30. The van der Waals surface area contributed by atoms with E-state index in [-0.39, 0.29) is 94.1 Å². The Labute approximate surface area is 684 Å². The number of aromatic nitrogens is 3. The van der Waals surface area contributed by atoms with Crippen LogP contribution >= 0.6 is 11.8 Å². The molecule has 1 aliphatic rings. The highest BCUT2D eigenvalue weighted by molar-refractivity contribution is 7.98. The number of phenols is 1. The number of H-pyrrole nitrogens is 2. The largest absolute Gasteiger partial charge is 0.508 e. The molecule has 118 heavy (non-hydrogen) atoms. The van der Waals surface area contributed by atoms with E-state index in [0.717, 1.165) is 6.92 Å². The summed E-state index contributed by atoms with van der Waals surface area (Å²) >= 11 is 1.23. The molecule has 26 N–H and O–H groups in total. The van der Waals surface area contributed by atoms with Crippen molar-refractivity contribution in [2.24, 2.45) is 23.1 Å². The number of aliphatic carboxylic acids is 1. The normalized spacial score (nSPS) is 15.2. The highest BCUT2D eigenvalue weighted by Crippen LogP contribution is 2.23. The molecule has 12 atom stereocenters. The Morgan fingerprint density at radius 3 is 1.64 bits per heavy atom. The average molecular weight is 1660 g/mol. The van der Waals surface area contributed by atoms with Gasteiger partial charge < -0.3 is 122 Å².